The summed E-state index contributed by atoms with van der Waals surface area (Å²) in [5, 5.41) is 13.6. The van der Waals surface area contributed by atoms with Crippen LogP contribution in [0.15, 0.2) is 94.8 Å². The third-order valence-corrected chi connectivity index (χ3v) is 11.9. The van der Waals surface area contributed by atoms with Gasteiger partial charge in [-0.25, -0.2) is 14.6 Å². The number of thiazole rings is 1. The maximum atomic E-state index is 12.8. The van der Waals surface area contributed by atoms with Crippen molar-refractivity contribution >= 4 is 46.5 Å². The van der Waals surface area contributed by atoms with Gasteiger partial charge in [0.05, 0.1) is 45.1 Å². The zero-order chi connectivity index (χ0) is 51.6. The number of hydrogen-bond acceptors (Lipinski definition) is 13. The summed E-state index contributed by atoms with van der Waals surface area (Å²) in [7, 11) is 3.57. The first-order valence-corrected chi connectivity index (χ1v) is 23.3. The minimum atomic E-state index is -4.42. The highest BCUT2D eigenvalue weighted by Crippen LogP contribution is 2.36. The molecule has 2 unspecified atom stereocenters. The Hall–Kier alpha value is -5.73. The molecule has 70 heavy (non-hydrogen) atoms. The van der Waals surface area contributed by atoms with E-state index < -0.39 is 46.6 Å². The minimum absolute atomic E-state index is 0.119. The van der Waals surface area contributed by atoms with Crippen LogP contribution in [0.4, 0.5) is 26.3 Å². The fraction of sp³-hybridized carbons (Fsp3) is 0.367. The Labute approximate surface area is 415 Å². The Morgan fingerprint density at radius 1 is 0.657 bits per heavy atom. The largest absolute Gasteiger partial charge is 0.475 e. The number of rotatable bonds is 18. The number of carbonyl (C=O) groups is 2. The number of nitrogens with zero attached hydrogens (tertiary/aromatic N) is 3. The zero-order valence-electron chi connectivity index (χ0n) is 39.3. The Morgan fingerprint density at radius 2 is 1.10 bits per heavy atom. The van der Waals surface area contributed by atoms with Gasteiger partial charge in [0.15, 0.2) is 11.2 Å². The first-order valence-electron chi connectivity index (χ1n) is 21.7. The molecule has 0 aliphatic carbocycles. The number of halogens is 8. The van der Waals surface area contributed by atoms with Crippen molar-refractivity contribution in [1.29, 1.82) is 0 Å². The van der Waals surface area contributed by atoms with Gasteiger partial charge in [0, 0.05) is 41.4 Å². The Morgan fingerprint density at radius 3 is 1.51 bits per heavy atom. The topological polar surface area (TPSA) is 147 Å². The number of ether oxygens (including phenoxy) is 4. The maximum absolute atomic E-state index is 12.8. The van der Waals surface area contributed by atoms with E-state index in [1.807, 2.05) is 18.5 Å². The fourth-order valence-electron chi connectivity index (χ4n) is 6.63. The van der Waals surface area contributed by atoms with Crippen molar-refractivity contribution in [2.24, 2.45) is 0 Å². The standard InChI is InChI=1S/C25H26ClF3N2O3S.C24H25ClF3N3O4/c1-5-33-23(32)24(2,3)34-21-11-8-16(12-18(21)26)19(30-4)13-22-31-20(14-35-22)15-6-9-17(10-7-15)25(27,28)29;1-5-33-22(32)23(2,3)34-19-11-8-15(12-17(19)25)18(29-4)13-20-30-21(31-35-20)14-6-9-16(10-7-14)24(26,27)28/h6-12,14,19,30H,5,13H2,1-4H3;6-12,18,29H,5,13H2,1-4H3. The molecule has 0 aliphatic rings. The molecule has 4 aromatic carbocycles. The number of hydrogen-bond donors (Lipinski definition) is 2. The van der Waals surface area contributed by atoms with Crippen molar-refractivity contribution in [3.63, 3.8) is 0 Å². The van der Waals surface area contributed by atoms with E-state index in [4.69, 9.17) is 46.7 Å². The summed E-state index contributed by atoms with van der Waals surface area (Å²) < 4.78 is 104. The molecule has 0 spiro atoms. The molecule has 0 aliphatic heterocycles. The highest BCUT2D eigenvalue weighted by molar-refractivity contribution is 7.10. The van der Waals surface area contributed by atoms with E-state index in [-0.39, 0.29) is 31.1 Å². The lowest BCUT2D eigenvalue weighted by Crippen LogP contribution is -2.39. The van der Waals surface area contributed by atoms with Crippen LogP contribution in [-0.2, 0) is 44.3 Å². The van der Waals surface area contributed by atoms with Crippen LogP contribution in [0.25, 0.3) is 22.6 Å². The van der Waals surface area contributed by atoms with Crippen LogP contribution < -0.4 is 20.1 Å². The van der Waals surface area contributed by atoms with Crippen molar-refractivity contribution in [2.45, 2.75) is 90.0 Å². The monoisotopic (exact) mass is 1040 g/mol. The summed E-state index contributed by atoms with van der Waals surface area (Å²) in [4.78, 5) is 33.1. The second-order valence-corrected chi connectivity index (χ2v) is 18.2. The third-order valence-electron chi connectivity index (χ3n) is 10.4. The van der Waals surface area contributed by atoms with Crippen LogP contribution in [-0.4, -0.2) is 65.6 Å². The van der Waals surface area contributed by atoms with Crippen molar-refractivity contribution in [1.82, 2.24) is 25.8 Å². The lowest BCUT2D eigenvalue weighted by atomic mass is 10.0. The molecule has 2 N–H and O–H groups in total. The number of alkyl halides is 6. The number of carbonyl (C=O) groups excluding carboxylic acids is 2. The number of likely N-dealkylation sites (N-methyl/N-ethyl adjacent to an activating group) is 2. The Kier molecular flexibility index (Phi) is 18.5. The van der Waals surface area contributed by atoms with Crippen LogP contribution in [0.5, 0.6) is 11.5 Å². The molecular formula is C49H51Cl2F6N5O7S. The number of benzene rings is 4. The molecule has 6 rings (SSSR count). The molecule has 2 atom stereocenters. The molecule has 0 bridgehead atoms. The van der Waals surface area contributed by atoms with Crippen LogP contribution in [0.3, 0.4) is 0 Å². The lowest BCUT2D eigenvalue weighted by molar-refractivity contribution is -0.159. The highest BCUT2D eigenvalue weighted by atomic mass is 35.5. The smallest absolute Gasteiger partial charge is 0.416 e. The molecule has 0 amide bonds. The summed E-state index contributed by atoms with van der Waals surface area (Å²) in [5.74, 6) is 0.174. The predicted octanol–water partition coefficient (Wildman–Crippen LogP) is 12.3. The second-order valence-electron chi connectivity index (χ2n) is 16.4. The molecule has 6 aromatic rings. The van der Waals surface area contributed by atoms with Gasteiger partial charge in [0.2, 0.25) is 11.7 Å². The lowest BCUT2D eigenvalue weighted by Gasteiger charge is -2.25. The Balaban J connectivity index is 0.000000261. The first-order chi connectivity index (χ1) is 32.9. The van der Waals surface area contributed by atoms with E-state index >= 15 is 0 Å². The number of aromatic nitrogens is 3. The van der Waals surface area contributed by atoms with E-state index in [1.165, 1.54) is 35.6 Å². The molecule has 0 saturated heterocycles. The molecule has 0 fully saturated rings. The van der Waals surface area contributed by atoms with Crippen LogP contribution in [0, 0.1) is 0 Å². The van der Waals surface area contributed by atoms with Crippen molar-refractivity contribution in [2.75, 3.05) is 27.3 Å². The quantitative estimate of drug-likeness (QED) is 0.0624. The van der Waals surface area contributed by atoms with Crippen LogP contribution >= 0.6 is 34.5 Å². The molecular weight excluding hydrogens is 988 g/mol. The summed E-state index contributed by atoms with van der Waals surface area (Å²) in [6.07, 6.45) is -7.94. The highest BCUT2D eigenvalue weighted by Gasteiger charge is 2.35. The van der Waals surface area contributed by atoms with Gasteiger partial charge in [0.1, 0.15) is 11.5 Å². The average molecular weight is 1040 g/mol. The van der Waals surface area contributed by atoms with E-state index in [2.05, 4.69) is 25.8 Å². The Bertz CT molecular complexity index is 2510. The molecule has 376 valence electrons. The summed E-state index contributed by atoms with van der Waals surface area (Å²) in [6, 6.07) is 19.6. The van der Waals surface area contributed by atoms with Gasteiger partial charge in [-0.15, -0.1) is 11.3 Å². The first kappa shape index (κ1) is 55.2. The van der Waals surface area contributed by atoms with Gasteiger partial charge >= 0.3 is 24.3 Å². The minimum Gasteiger partial charge on any atom is -0.475 e. The molecule has 21 heteroatoms. The molecule has 0 saturated carbocycles. The SMILES string of the molecule is CCOC(=O)C(C)(C)Oc1ccc(C(Cc2nc(-c3ccc(C(F)(F)F)cc3)cs2)NC)cc1Cl.CCOC(=O)C(C)(C)Oc1ccc(C(Cc2nc(-c3ccc(C(F)(F)F)cc3)no2)NC)cc1Cl. The van der Waals surface area contributed by atoms with Crippen molar-refractivity contribution in [3.05, 3.63) is 134 Å². The molecule has 12 nitrogen and oxygen atoms in total. The van der Waals surface area contributed by atoms with E-state index in [1.54, 1.807) is 78.9 Å². The molecule has 2 aromatic heterocycles. The fourth-order valence-corrected chi connectivity index (χ4v) is 7.93. The van der Waals surface area contributed by atoms with Crippen LogP contribution in [0.2, 0.25) is 10.0 Å². The number of esters is 2. The maximum Gasteiger partial charge on any atom is 0.416 e. The predicted molar refractivity (Wildman–Crippen MR) is 254 cm³/mol. The van der Waals surface area contributed by atoms with Crippen molar-refractivity contribution < 1.29 is 59.4 Å². The third kappa shape index (κ3) is 14.7. The van der Waals surface area contributed by atoms with E-state index in [0.717, 1.165) is 40.4 Å². The normalized spacial score (nSPS) is 12.9. The summed E-state index contributed by atoms with van der Waals surface area (Å²) in [6.45, 7) is 10.3. The summed E-state index contributed by atoms with van der Waals surface area (Å²) >= 11 is 14.3. The average Bonchev–Trinajstić information content (AvgIpc) is 3.99. The van der Waals surface area contributed by atoms with Gasteiger partial charge in [-0.1, -0.05) is 64.8 Å². The van der Waals surface area contributed by atoms with Gasteiger partial charge in [-0.3, -0.25) is 0 Å². The zero-order valence-corrected chi connectivity index (χ0v) is 41.6. The van der Waals surface area contributed by atoms with Gasteiger partial charge in [0.25, 0.3) is 0 Å². The van der Waals surface area contributed by atoms with Crippen LogP contribution in [0.1, 0.15) is 86.8 Å². The molecule has 2 heterocycles. The second kappa shape index (κ2) is 23.5. The summed E-state index contributed by atoms with van der Waals surface area (Å²) in [5.41, 5.74) is -0.522. The van der Waals surface area contributed by atoms with E-state index in [0.29, 0.717) is 57.1 Å². The van der Waals surface area contributed by atoms with Gasteiger partial charge < -0.3 is 34.1 Å². The van der Waals surface area contributed by atoms with E-state index in [9.17, 15) is 35.9 Å². The van der Waals surface area contributed by atoms with Gasteiger partial charge in [-0.2, -0.15) is 31.3 Å². The van der Waals surface area contributed by atoms with Gasteiger partial charge in [-0.05, 0) is 115 Å². The molecule has 0 radical (unpaired) electrons. The van der Waals surface area contributed by atoms with Crippen molar-refractivity contribution in [3.8, 4) is 34.1 Å². The number of nitrogens with one attached hydrogen (secondary N) is 2.